The largest absolute Gasteiger partial charge is 0.386 e. The van der Waals surface area contributed by atoms with Crippen LogP contribution in [0.25, 0.3) is 0 Å². The Bertz CT molecular complexity index is 364. The number of hydrogen-bond acceptors (Lipinski definition) is 2. The Morgan fingerprint density at radius 3 is 2.36 bits per heavy atom. The Kier molecular flexibility index (Phi) is 2.62. The maximum absolute atomic E-state index is 10.9. The van der Waals surface area contributed by atoms with Crippen molar-refractivity contribution in [2.24, 2.45) is 5.73 Å². The molecule has 3 nitrogen and oxygen atoms in total. The van der Waals surface area contributed by atoms with Gasteiger partial charge in [0, 0.05) is 5.56 Å². The molecule has 0 aliphatic carbocycles. The molecule has 3 heteroatoms. The minimum Gasteiger partial charge on any atom is -0.386 e. The van der Waals surface area contributed by atoms with Crippen molar-refractivity contribution >= 4 is 5.91 Å². The normalized spacial score (nSPS) is 11.4. The Morgan fingerprint density at radius 2 is 2.00 bits per heavy atom. The summed E-state index contributed by atoms with van der Waals surface area (Å²) in [6.07, 6.45) is 0. The molecule has 0 saturated carbocycles. The molecule has 0 aliphatic heterocycles. The number of aliphatic hydroxyl groups is 1. The number of carbonyl (C=O) groups excluding carboxylic acids is 1. The second-order valence-corrected chi connectivity index (χ2v) is 3.95. The fourth-order valence-electron chi connectivity index (χ4n) is 1.50. The average molecular weight is 193 g/mol. The smallest absolute Gasteiger partial charge is 0.248 e. The van der Waals surface area contributed by atoms with E-state index in [0.717, 1.165) is 11.1 Å². The van der Waals surface area contributed by atoms with Crippen LogP contribution in [0, 0.1) is 6.92 Å². The van der Waals surface area contributed by atoms with Gasteiger partial charge < -0.3 is 10.8 Å². The zero-order valence-electron chi connectivity index (χ0n) is 8.66. The molecule has 0 aromatic heterocycles. The van der Waals surface area contributed by atoms with E-state index in [9.17, 15) is 9.90 Å². The van der Waals surface area contributed by atoms with Crippen molar-refractivity contribution in [3.8, 4) is 0 Å². The fraction of sp³-hybridized carbons (Fsp3) is 0.364. The number of carbonyl (C=O) groups is 1. The van der Waals surface area contributed by atoms with Crippen LogP contribution in [0.3, 0.4) is 0 Å². The van der Waals surface area contributed by atoms with Crippen molar-refractivity contribution in [1.29, 1.82) is 0 Å². The molecule has 0 atom stereocenters. The number of hydrogen-bond donors (Lipinski definition) is 2. The Hall–Kier alpha value is -1.35. The number of nitrogens with two attached hydrogens (primary N) is 1. The molecule has 0 spiro atoms. The van der Waals surface area contributed by atoms with E-state index in [4.69, 9.17) is 5.73 Å². The highest BCUT2D eigenvalue weighted by molar-refractivity contribution is 5.93. The molecule has 0 aliphatic rings. The van der Waals surface area contributed by atoms with Gasteiger partial charge in [0.25, 0.3) is 0 Å². The van der Waals surface area contributed by atoms with Gasteiger partial charge in [-0.15, -0.1) is 0 Å². The van der Waals surface area contributed by atoms with Crippen LogP contribution in [0.4, 0.5) is 0 Å². The van der Waals surface area contributed by atoms with E-state index in [1.165, 1.54) is 0 Å². The van der Waals surface area contributed by atoms with Crippen LogP contribution in [0.15, 0.2) is 18.2 Å². The second kappa shape index (κ2) is 3.42. The summed E-state index contributed by atoms with van der Waals surface area (Å²) < 4.78 is 0. The minimum absolute atomic E-state index is 0.449. The molecule has 0 heterocycles. The van der Waals surface area contributed by atoms with Crippen LogP contribution in [-0.4, -0.2) is 11.0 Å². The van der Waals surface area contributed by atoms with Crippen molar-refractivity contribution in [2.75, 3.05) is 0 Å². The van der Waals surface area contributed by atoms with Gasteiger partial charge in [-0.2, -0.15) is 0 Å². The standard InChI is InChI=1S/C11H15NO2/c1-7-6-8(10(12)13)4-5-9(7)11(2,3)14/h4-6,14H,1-3H3,(H2,12,13). The van der Waals surface area contributed by atoms with Gasteiger partial charge in [-0.1, -0.05) is 6.07 Å². The van der Waals surface area contributed by atoms with Crippen molar-refractivity contribution in [3.05, 3.63) is 34.9 Å². The zero-order chi connectivity index (χ0) is 10.9. The van der Waals surface area contributed by atoms with Gasteiger partial charge in [-0.3, -0.25) is 4.79 Å². The SMILES string of the molecule is Cc1cc(C(N)=O)ccc1C(C)(C)O. The number of benzene rings is 1. The fourth-order valence-corrected chi connectivity index (χ4v) is 1.50. The highest BCUT2D eigenvalue weighted by atomic mass is 16.3. The first-order valence-electron chi connectivity index (χ1n) is 4.45. The predicted octanol–water partition coefficient (Wildman–Crippen LogP) is 1.32. The lowest BCUT2D eigenvalue weighted by Crippen LogP contribution is -2.18. The molecule has 1 rings (SSSR count). The van der Waals surface area contributed by atoms with Crippen molar-refractivity contribution in [1.82, 2.24) is 0 Å². The Labute approximate surface area is 83.6 Å². The molecule has 3 N–H and O–H groups in total. The number of rotatable bonds is 2. The average Bonchev–Trinajstić information content (AvgIpc) is 2.01. The maximum Gasteiger partial charge on any atom is 0.248 e. The third kappa shape index (κ3) is 2.12. The van der Waals surface area contributed by atoms with E-state index in [-0.39, 0.29) is 0 Å². The van der Waals surface area contributed by atoms with E-state index < -0.39 is 11.5 Å². The topological polar surface area (TPSA) is 63.3 Å². The lowest BCUT2D eigenvalue weighted by Gasteiger charge is -2.20. The highest BCUT2D eigenvalue weighted by Gasteiger charge is 2.18. The van der Waals surface area contributed by atoms with Crippen molar-refractivity contribution in [2.45, 2.75) is 26.4 Å². The van der Waals surface area contributed by atoms with Crippen LogP contribution < -0.4 is 5.73 Å². The second-order valence-electron chi connectivity index (χ2n) is 3.95. The van der Waals surface area contributed by atoms with Gasteiger partial charge >= 0.3 is 0 Å². The predicted molar refractivity (Wildman–Crippen MR) is 54.9 cm³/mol. The molecule has 0 radical (unpaired) electrons. The monoisotopic (exact) mass is 193 g/mol. The molecule has 0 bridgehead atoms. The Balaban J connectivity index is 3.21. The van der Waals surface area contributed by atoms with Crippen LogP contribution in [0.1, 0.15) is 35.3 Å². The summed E-state index contributed by atoms with van der Waals surface area (Å²) in [5.41, 5.74) is 6.40. The summed E-state index contributed by atoms with van der Waals surface area (Å²) >= 11 is 0. The zero-order valence-corrected chi connectivity index (χ0v) is 8.66. The van der Waals surface area contributed by atoms with Gasteiger partial charge in [0.15, 0.2) is 0 Å². The molecular formula is C11H15NO2. The highest BCUT2D eigenvalue weighted by Crippen LogP contribution is 2.23. The van der Waals surface area contributed by atoms with Crippen LogP contribution in [0.2, 0.25) is 0 Å². The summed E-state index contributed by atoms with van der Waals surface area (Å²) in [5, 5.41) is 9.78. The van der Waals surface area contributed by atoms with Gasteiger partial charge in [-0.25, -0.2) is 0 Å². The first-order valence-corrected chi connectivity index (χ1v) is 4.45. The van der Waals surface area contributed by atoms with Crippen LogP contribution in [-0.2, 0) is 5.60 Å². The third-order valence-electron chi connectivity index (χ3n) is 2.17. The van der Waals surface area contributed by atoms with Crippen molar-refractivity contribution < 1.29 is 9.90 Å². The lowest BCUT2D eigenvalue weighted by atomic mass is 9.92. The van der Waals surface area contributed by atoms with Crippen LogP contribution in [0.5, 0.6) is 0 Å². The number of amides is 1. The number of aryl methyl sites for hydroxylation is 1. The van der Waals surface area contributed by atoms with E-state index in [1.54, 1.807) is 32.0 Å². The van der Waals surface area contributed by atoms with E-state index >= 15 is 0 Å². The maximum atomic E-state index is 10.9. The van der Waals surface area contributed by atoms with Crippen LogP contribution >= 0.6 is 0 Å². The molecule has 1 amide bonds. The molecule has 0 unspecified atom stereocenters. The van der Waals surface area contributed by atoms with Crippen molar-refractivity contribution in [3.63, 3.8) is 0 Å². The third-order valence-corrected chi connectivity index (χ3v) is 2.17. The molecule has 0 saturated heterocycles. The summed E-state index contributed by atoms with van der Waals surface area (Å²) in [5.74, 6) is -0.449. The van der Waals surface area contributed by atoms with Gasteiger partial charge in [0.2, 0.25) is 5.91 Å². The van der Waals surface area contributed by atoms with E-state index in [1.807, 2.05) is 6.92 Å². The lowest BCUT2D eigenvalue weighted by molar-refractivity contribution is 0.0778. The van der Waals surface area contributed by atoms with E-state index in [2.05, 4.69) is 0 Å². The molecule has 1 aromatic rings. The summed E-state index contributed by atoms with van der Waals surface area (Å²) in [6, 6.07) is 5.05. The molecule has 0 fully saturated rings. The minimum atomic E-state index is -0.889. The molecular weight excluding hydrogens is 178 g/mol. The summed E-state index contributed by atoms with van der Waals surface area (Å²) in [4.78, 5) is 10.9. The summed E-state index contributed by atoms with van der Waals surface area (Å²) in [7, 11) is 0. The molecule has 1 aromatic carbocycles. The van der Waals surface area contributed by atoms with Gasteiger partial charge in [-0.05, 0) is 44.0 Å². The first-order chi connectivity index (χ1) is 6.32. The first kappa shape index (κ1) is 10.7. The van der Waals surface area contributed by atoms with E-state index in [0.29, 0.717) is 5.56 Å². The Morgan fingerprint density at radius 1 is 1.43 bits per heavy atom. The summed E-state index contributed by atoms with van der Waals surface area (Å²) in [6.45, 7) is 5.26. The van der Waals surface area contributed by atoms with Gasteiger partial charge in [0.1, 0.15) is 0 Å². The van der Waals surface area contributed by atoms with Gasteiger partial charge in [0.05, 0.1) is 5.60 Å². The number of primary amides is 1. The molecule has 14 heavy (non-hydrogen) atoms. The molecule has 76 valence electrons. The quantitative estimate of drug-likeness (QED) is 0.744.